The third kappa shape index (κ3) is 3.43. The molecule has 1 aliphatic rings. The summed E-state index contributed by atoms with van der Waals surface area (Å²) in [7, 11) is 1.78. The Morgan fingerprint density at radius 3 is 2.65 bits per heavy atom. The van der Waals surface area contributed by atoms with Crippen LogP contribution in [-0.2, 0) is 4.74 Å². The molecule has 0 bridgehead atoms. The summed E-state index contributed by atoms with van der Waals surface area (Å²) in [5.74, 6) is 0.903. The van der Waals surface area contributed by atoms with E-state index in [-0.39, 0.29) is 11.6 Å². The van der Waals surface area contributed by atoms with E-state index in [4.69, 9.17) is 10.5 Å². The summed E-state index contributed by atoms with van der Waals surface area (Å²) in [6.07, 6.45) is 5.47. The summed E-state index contributed by atoms with van der Waals surface area (Å²) in [6.45, 7) is 9.68. The molecule has 3 heteroatoms. The number of hydrogen-bond acceptors (Lipinski definition) is 3. The summed E-state index contributed by atoms with van der Waals surface area (Å²) in [5, 5.41) is 0. The molecule has 1 heterocycles. The van der Waals surface area contributed by atoms with E-state index in [2.05, 4.69) is 25.7 Å². The molecule has 17 heavy (non-hydrogen) atoms. The lowest BCUT2D eigenvalue weighted by atomic mass is 9.92. The topological polar surface area (TPSA) is 38.5 Å². The highest BCUT2D eigenvalue weighted by Crippen LogP contribution is 2.27. The Hall–Kier alpha value is -0.120. The van der Waals surface area contributed by atoms with Crippen LogP contribution in [0.5, 0.6) is 0 Å². The Labute approximate surface area is 107 Å². The minimum atomic E-state index is -0.0165. The number of likely N-dealkylation sites (tertiary alicyclic amines) is 1. The summed E-state index contributed by atoms with van der Waals surface area (Å²) in [5.41, 5.74) is 5.99. The number of hydrogen-bond donors (Lipinski definition) is 1. The minimum absolute atomic E-state index is 0.0165. The summed E-state index contributed by atoms with van der Waals surface area (Å²) >= 11 is 0. The van der Waals surface area contributed by atoms with Crippen molar-refractivity contribution in [2.45, 2.75) is 58.1 Å². The molecule has 0 radical (unpaired) electrons. The van der Waals surface area contributed by atoms with Crippen molar-refractivity contribution in [2.75, 3.05) is 26.7 Å². The summed E-state index contributed by atoms with van der Waals surface area (Å²) in [6, 6.07) is 0. The lowest BCUT2D eigenvalue weighted by Gasteiger charge is -2.43. The smallest absolute Gasteiger partial charge is 0.0736 e. The largest absolute Gasteiger partial charge is 0.380 e. The molecular formula is C14H30N2O. The second kappa shape index (κ2) is 6.72. The first-order valence-electron chi connectivity index (χ1n) is 7.06. The van der Waals surface area contributed by atoms with Gasteiger partial charge in [0.15, 0.2) is 0 Å². The molecule has 102 valence electrons. The van der Waals surface area contributed by atoms with E-state index < -0.39 is 0 Å². The maximum absolute atomic E-state index is 6.01. The van der Waals surface area contributed by atoms with Crippen LogP contribution in [0.2, 0.25) is 0 Å². The molecule has 0 aliphatic carbocycles. The lowest BCUT2D eigenvalue weighted by molar-refractivity contribution is -0.0302. The van der Waals surface area contributed by atoms with Crippen LogP contribution in [0.15, 0.2) is 0 Å². The number of nitrogens with two attached hydrogens (primary N) is 1. The second-order valence-electron chi connectivity index (χ2n) is 5.63. The van der Waals surface area contributed by atoms with Gasteiger partial charge in [-0.05, 0) is 52.1 Å². The van der Waals surface area contributed by atoms with E-state index in [1.54, 1.807) is 7.11 Å². The van der Waals surface area contributed by atoms with E-state index in [0.29, 0.717) is 6.54 Å². The fraction of sp³-hybridized carbons (Fsp3) is 1.00. The molecule has 3 atom stereocenters. The Bertz CT molecular complexity index is 222. The van der Waals surface area contributed by atoms with Crippen LogP contribution in [-0.4, -0.2) is 43.3 Å². The van der Waals surface area contributed by atoms with Crippen LogP contribution in [0.25, 0.3) is 0 Å². The standard InChI is InChI=1S/C14H30N2O/c1-5-13-7-6-9-16(10-8-13)14(3,11-15)12(2)17-4/h12-13H,5-11,15H2,1-4H3. The monoisotopic (exact) mass is 242 g/mol. The van der Waals surface area contributed by atoms with Crippen LogP contribution in [0, 0.1) is 5.92 Å². The first kappa shape index (κ1) is 14.9. The summed E-state index contributed by atoms with van der Waals surface area (Å²) < 4.78 is 5.53. The van der Waals surface area contributed by atoms with Gasteiger partial charge in [-0.25, -0.2) is 0 Å². The molecule has 2 N–H and O–H groups in total. The third-order valence-electron chi connectivity index (χ3n) is 4.79. The van der Waals surface area contributed by atoms with E-state index in [1.165, 1.54) is 32.2 Å². The van der Waals surface area contributed by atoms with E-state index >= 15 is 0 Å². The fourth-order valence-electron chi connectivity index (χ4n) is 2.89. The molecule has 1 fully saturated rings. The van der Waals surface area contributed by atoms with Gasteiger partial charge in [-0.15, -0.1) is 0 Å². The van der Waals surface area contributed by atoms with Crippen molar-refractivity contribution in [2.24, 2.45) is 11.7 Å². The molecule has 3 nitrogen and oxygen atoms in total. The lowest BCUT2D eigenvalue weighted by Crippen LogP contribution is -2.59. The van der Waals surface area contributed by atoms with Gasteiger partial charge in [0.1, 0.15) is 0 Å². The van der Waals surface area contributed by atoms with Crippen molar-refractivity contribution in [1.82, 2.24) is 4.90 Å². The number of nitrogens with zero attached hydrogens (tertiary/aromatic N) is 1. The van der Waals surface area contributed by atoms with Gasteiger partial charge < -0.3 is 10.5 Å². The molecule has 1 aliphatic heterocycles. The van der Waals surface area contributed by atoms with Gasteiger partial charge in [0.05, 0.1) is 11.6 Å². The van der Waals surface area contributed by atoms with Crippen molar-refractivity contribution in [3.63, 3.8) is 0 Å². The maximum Gasteiger partial charge on any atom is 0.0736 e. The molecule has 0 spiro atoms. The number of ether oxygens (including phenoxy) is 1. The van der Waals surface area contributed by atoms with Gasteiger partial charge in [0, 0.05) is 13.7 Å². The van der Waals surface area contributed by atoms with Crippen LogP contribution in [0.4, 0.5) is 0 Å². The van der Waals surface area contributed by atoms with Crippen molar-refractivity contribution in [1.29, 1.82) is 0 Å². The number of methoxy groups -OCH3 is 1. The Morgan fingerprint density at radius 1 is 1.41 bits per heavy atom. The Morgan fingerprint density at radius 2 is 2.12 bits per heavy atom. The predicted molar refractivity (Wildman–Crippen MR) is 73.1 cm³/mol. The molecule has 0 aromatic rings. The van der Waals surface area contributed by atoms with Crippen molar-refractivity contribution in [3.05, 3.63) is 0 Å². The predicted octanol–water partition coefficient (Wildman–Crippen LogP) is 2.25. The first-order valence-corrected chi connectivity index (χ1v) is 7.06. The van der Waals surface area contributed by atoms with Crippen molar-refractivity contribution >= 4 is 0 Å². The zero-order chi connectivity index (χ0) is 12.9. The normalized spacial score (nSPS) is 28.4. The molecule has 0 amide bonds. The SMILES string of the molecule is CCC1CCCN(C(C)(CN)C(C)OC)CC1. The second-order valence-corrected chi connectivity index (χ2v) is 5.63. The van der Waals surface area contributed by atoms with Gasteiger partial charge in [0.2, 0.25) is 0 Å². The van der Waals surface area contributed by atoms with Crippen molar-refractivity contribution < 1.29 is 4.74 Å². The Balaban J connectivity index is 2.69. The highest BCUT2D eigenvalue weighted by molar-refractivity contribution is 4.94. The van der Waals surface area contributed by atoms with Crippen LogP contribution in [0.3, 0.4) is 0 Å². The highest BCUT2D eigenvalue weighted by Gasteiger charge is 2.37. The molecule has 0 aromatic heterocycles. The maximum atomic E-state index is 6.01. The molecule has 3 unspecified atom stereocenters. The molecule has 1 saturated heterocycles. The average molecular weight is 242 g/mol. The van der Waals surface area contributed by atoms with E-state index in [9.17, 15) is 0 Å². The van der Waals surface area contributed by atoms with Crippen molar-refractivity contribution in [3.8, 4) is 0 Å². The zero-order valence-electron chi connectivity index (χ0n) is 12.0. The van der Waals surface area contributed by atoms with Gasteiger partial charge in [-0.1, -0.05) is 13.3 Å². The first-order chi connectivity index (χ1) is 8.08. The van der Waals surface area contributed by atoms with E-state index in [1.807, 2.05) is 0 Å². The van der Waals surface area contributed by atoms with Crippen LogP contribution in [0.1, 0.15) is 46.5 Å². The van der Waals surface area contributed by atoms with Gasteiger partial charge in [-0.3, -0.25) is 4.90 Å². The fourth-order valence-corrected chi connectivity index (χ4v) is 2.89. The molecule has 0 saturated carbocycles. The van der Waals surface area contributed by atoms with Crippen LogP contribution < -0.4 is 5.73 Å². The van der Waals surface area contributed by atoms with Crippen LogP contribution >= 0.6 is 0 Å². The zero-order valence-corrected chi connectivity index (χ0v) is 12.0. The van der Waals surface area contributed by atoms with Gasteiger partial charge in [0.25, 0.3) is 0 Å². The summed E-state index contributed by atoms with van der Waals surface area (Å²) in [4.78, 5) is 2.55. The average Bonchev–Trinajstić information content (AvgIpc) is 2.62. The quantitative estimate of drug-likeness (QED) is 0.803. The third-order valence-corrected chi connectivity index (χ3v) is 4.79. The van der Waals surface area contributed by atoms with E-state index in [0.717, 1.165) is 12.5 Å². The highest BCUT2D eigenvalue weighted by atomic mass is 16.5. The number of rotatable bonds is 5. The minimum Gasteiger partial charge on any atom is -0.380 e. The Kier molecular flexibility index (Phi) is 5.90. The molecular weight excluding hydrogens is 212 g/mol. The van der Waals surface area contributed by atoms with Gasteiger partial charge >= 0.3 is 0 Å². The van der Waals surface area contributed by atoms with Gasteiger partial charge in [-0.2, -0.15) is 0 Å². The molecule has 0 aromatic carbocycles. The molecule has 1 rings (SSSR count).